The van der Waals surface area contributed by atoms with Gasteiger partial charge in [-0.1, -0.05) is 23.2 Å². The number of aldehydes is 1. The third-order valence-electron chi connectivity index (χ3n) is 1.50. The molecule has 2 aromatic heterocycles. The molecule has 0 amide bonds. The largest absolute Gasteiger partial charge is 0.296 e. The summed E-state index contributed by atoms with van der Waals surface area (Å²) in [6.45, 7) is 0. The summed E-state index contributed by atoms with van der Waals surface area (Å²) < 4.78 is 1.48. The fourth-order valence-electron chi connectivity index (χ4n) is 0.977. The molecule has 2 aromatic rings. The lowest BCUT2D eigenvalue weighted by Gasteiger charge is -1.95. The van der Waals surface area contributed by atoms with Crippen molar-refractivity contribution in [3.8, 4) is 0 Å². The van der Waals surface area contributed by atoms with E-state index in [4.69, 9.17) is 23.2 Å². The maximum Gasteiger partial charge on any atom is 0.237 e. The summed E-state index contributed by atoms with van der Waals surface area (Å²) in [5, 5.41) is 0.621. The van der Waals surface area contributed by atoms with E-state index >= 15 is 0 Å². The Bertz CT molecular complexity index is 480. The smallest absolute Gasteiger partial charge is 0.237 e. The number of nitrogens with zero attached hydrogens (tertiary/aromatic N) is 3. The van der Waals surface area contributed by atoms with Crippen LogP contribution < -0.4 is 0 Å². The number of carbonyl (C=O) groups is 1. The van der Waals surface area contributed by atoms with Crippen molar-refractivity contribution in [2.24, 2.45) is 0 Å². The van der Waals surface area contributed by atoms with Crippen LogP contribution in [0.15, 0.2) is 12.3 Å². The van der Waals surface area contributed by atoms with E-state index in [0.717, 1.165) is 0 Å². The highest BCUT2D eigenvalue weighted by Gasteiger charge is 2.05. The molecule has 0 radical (unpaired) electrons. The minimum absolute atomic E-state index is 0.251. The van der Waals surface area contributed by atoms with E-state index < -0.39 is 0 Å². The van der Waals surface area contributed by atoms with Crippen molar-refractivity contribution in [1.29, 1.82) is 0 Å². The van der Waals surface area contributed by atoms with Gasteiger partial charge in [0.25, 0.3) is 0 Å². The van der Waals surface area contributed by atoms with Crippen LogP contribution in [0, 0.1) is 0 Å². The molecule has 0 saturated heterocycles. The molecule has 0 saturated carbocycles. The SMILES string of the molecule is O=Cc1cn2c(Cl)cc(Cl)nc2n1. The number of aromatic nitrogens is 3. The minimum Gasteiger partial charge on any atom is -0.296 e. The summed E-state index contributed by atoms with van der Waals surface area (Å²) in [6.07, 6.45) is 2.12. The van der Waals surface area contributed by atoms with Crippen LogP contribution in [-0.2, 0) is 0 Å². The van der Waals surface area contributed by atoms with E-state index in [1.807, 2.05) is 0 Å². The van der Waals surface area contributed by atoms with Crippen molar-refractivity contribution in [2.75, 3.05) is 0 Å². The monoisotopic (exact) mass is 215 g/mol. The maximum atomic E-state index is 10.4. The Kier molecular flexibility index (Phi) is 1.94. The van der Waals surface area contributed by atoms with E-state index in [-0.39, 0.29) is 10.8 Å². The molecule has 66 valence electrons. The van der Waals surface area contributed by atoms with E-state index in [2.05, 4.69) is 9.97 Å². The zero-order chi connectivity index (χ0) is 9.42. The summed E-state index contributed by atoms with van der Waals surface area (Å²) in [5.74, 6) is 0.319. The molecule has 13 heavy (non-hydrogen) atoms. The molecule has 0 bridgehead atoms. The molecule has 0 N–H and O–H groups in total. The predicted octanol–water partition coefficient (Wildman–Crippen LogP) is 1.85. The molecular weight excluding hydrogens is 213 g/mol. The van der Waals surface area contributed by atoms with Crippen LogP contribution in [0.25, 0.3) is 5.78 Å². The lowest BCUT2D eigenvalue weighted by atomic mass is 10.5. The number of carbonyl (C=O) groups excluding carboxylic acids is 1. The second-order valence-electron chi connectivity index (χ2n) is 2.36. The zero-order valence-corrected chi connectivity index (χ0v) is 7.75. The second-order valence-corrected chi connectivity index (χ2v) is 3.13. The standard InChI is InChI=1S/C7H3Cl2N3O/c8-5-1-6(9)12-2-4(3-13)10-7(12)11-5/h1-3H. The highest BCUT2D eigenvalue weighted by molar-refractivity contribution is 6.33. The predicted molar refractivity (Wildman–Crippen MR) is 48.4 cm³/mol. The summed E-state index contributed by atoms with van der Waals surface area (Å²) in [4.78, 5) is 18.1. The van der Waals surface area contributed by atoms with Crippen LogP contribution in [0.4, 0.5) is 0 Å². The summed E-state index contributed by atoms with van der Waals surface area (Å²) >= 11 is 11.5. The molecule has 0 aliphatic heterocycles. The molecule has 4 nitrogen and oxygen atoms in total. The Labute approximate surface area is 83.1 Å². The number of hydrogen-bond donors (Lipinski definition) is 0. The maximum absolute atomic E-state index is 10.4. The van der Waals surface area contributed by atoms with Gasteiger partial charge in [0.15, 0.2) is 6.29 Å². The van der Waals surface area contributed by atoms with Crippen molar-refractivity contribution < 1.29 is 4.79 Å². The number of fused-ring (bicyclic) bond motifs is 1. The molecule has 0 aliphatic rings. The normalized spacial score (nSPS) is 10.6. The van der Waals surface area contributed by atoms with Gasteiger partial charge in [-0.2, -0.15) is 0 Å². The highest BCUT2D eigenvalue weighted by Crippen LogP contribution is 2.16. The van der Waals surface area contributed by atoms with Crippen LogP contribution in [0.1, 0.15) is 10.5 Å². The molecular formula is C7H3Cl2N3O. The van der Waals surface area contributed by atoms with Crippen LogP contribution >= 0.6 is 23.2 Å². The fourth-order valence-corrected chi connectivity index (χ4v) is 1.44. The Hall–Kier alpha value is -1.13. The second kappa shape index (κ2) is 2.97. The molecule has 0 aliphatic carbocycles. The van der Waals surface area contributed by atoms with Crippen molar-refractivity contribution >= 4 is 35.3 Å². The molecule has 2 heterocycles. The first-order valence-electron chi connectivity index (χ1n) is 3.37. The first kappa shape index (κ1) is 8.47. The Balaban J connectivity index is 2.82. The van der Waals surface area contributed by atoms with Gasteiger partial charge < -0.3 is 0 Å². The van der Waals surface area contributed by atoms with Gasteiger partial charge >= 0.3 is 0 Å². The molecule has 0 aromatic carbocycles. The molecule has 0 spiro atoms. The summed E-state index contributed by atoms with van der Waals surface area (Å²) in [5.41, 5.74) is 0.275. The van der Waals surface area contributed by atoms with Crippen molar-refractivity contribution in [3.05, 3.63) is 28.3 Å². The lowest BCUT2D eigenvalue weighted by molar-refractivity contribution is 0.111. The number of imidazole rings is 1. The Morgan fingerprint density at radius 3 is 2.85 bits per heavy atom. The molecule has 0 unspecified atom stereocenters. The summed E-state index contributed by atoms with van der Waals surface area (Å²) in [7, 11) is 0. The third-order valence-corrected chi connectivity index (χ3v) is 1.99. The fraction of sp³-hybridized carbons (Fsp3) is 0. The van der Waals surface area contributed by atoms with Gasteiger partial charge in [0.2, 0.25) is 5.78 Å². The number of hydrogen-bond acceptors (Lipinski definition) is 3. The average molecular weight is 216 g/mol. The Morgan fingerprint density at radius 1 is 1.38 bits per heavy atom. The number of rotatable bonds is 1. The van der Waals surface area contributed by atoms with Gasteiger partial charge in [0.1, 0.15) is 16.0 Å². The van der Waals surface area contributed by atoms with Crippen LogP contribution in [0.5, 0.6) is 0 Å². The third kappa shape index (κ3) is 1.38. The van der Waals surface area contributed by atoms with E-state index in [1.165, 1.54) is 16.7 Å². The van der Waals surface area contributed by atoms with Crippen LogP contribution in [0.2, 0.25) is 10.3 Å². The van der Waals surface area contributed by atoms with Gasteiger partial charge in [0, 0.05) is 12.3 Å². The molecule has 2 rings (SSSR count). The van der Waals surface area contributed by atoms with Crippen molar-refractivity contribution in [1.82, 2.24) is 14.4 Å². The highest BCUT2D eigenvalue weighted by atomic mass is 35.5. The molecule has 6 heteroatoms. The average Bonchev–Trinajstić information content (AvgIpc) is 2.47. The first-order valence-corrected chi connectivity index (χ1v) is 4.12. The van der Waals surface area contributed by atoms with E-state index in [0.29, 0.717) is 17.2 Å². The van der Waals surface area contributed by atoms with Gasteiger partial charge in [-0.15, -0.1) is 0 Å². The van der Waals surface area contributed by atoms with Gasteiger partial charge in [0.05, 0.1) is 0 Å². The lowest BCUT2D eigenvalue weighted by Crippen LogP contribution is -1.88. The van der Waals surface area contributed by atoms with Crippen molar-refractivity contribution in [2.45, 2.75) is 0 Å². The topological polar surface area (TPSA) is 47.3 Å². The van der Waals surface area contributed by atoms with Gasteiger partial charge in [-0.25, -0.2) is 9.97 Å². The Morgan fingerprint density at radius 2 is 2.15 bits per heavy atom. The first-order chi connectivity index (χ1) is 6.20. The number of halogens is 2. The quantitative estimate of drug-likeness (QED) is 0.539. The molecule has 0 fully saturated rings. The summed E-state index contributed by atoms with van der Waals surface area (Å²) in [6, 6.07) is 1.48. The van der Waals surface area contributed by atoms with Crippen LogP contribution in [0.3, 0.4) is 0 Å². The van der Waals surface area contributed by atoms with Gasteiger partial charge in [-0.3, -0.25) is 9.20 Å². The minimum atomic E-state index is 0.251. The van der Waals surface area contributed by atoms with Crippen molar-refractivity contribution in [3.63, 3.8) is 0 Å². The van der Waals surface area contributed by atoms with Crippen LogP contribution in [-0.4, -0.2) is 20.7 Å². The van der Waals surface area contributed by atoms with Gasteiger partial charge in [-0.05, 0) is 0 Å². The zero-order valence-electron chi connectivity index (χ0n) is 6.24. The van der Waals surface area contributed by atoms with E-state index in [9.17, 15) is 4.79 Å². The molecule has 0 atom stereocenters. The van der Waals surface area contributed by atoms with E-state index in [1.54, 1.807) is 0 Å².